The molecule has 0 atom stereocenters. The number of benzene rings is 2. The number of aryl methyl sites for hydroxylation is 2. The lowest BCUT2D eigenvalue weighted by atomic mass is 9.68. The van der Waals surface area contributed by atoms with Crippen LogP contribution in [0.25, 0.3) is 0 Å². The van der Waals surface area contributed by atoms with Crippen molar-refractivity contribution in [3.05, 3.63) is 64.7 Å². The number of halogens is 2. The van der Waals surface area contributed by atoms with Crippen LogP contribution in [0.2, 0.25) is 0 Å². The van der Waals surface area contributed by atoms with Gasteiger partial charge in [-0.3, -0.25) is 0 Å². The second-order valence-corrected chi connectivity index (χ2v) is 10.2. The van der Waals surface area contributed by atoms with E-state index in [0.717, 1.165) is 30.6 Å². The maximum atomic E-state index is 14.0. The minimum atomic E-state index is -0.851. The number of hydrogen-bond donors (Lipinski definition) is 0. The van der Waals surface area contributed by atoms with E-state index in [1.165, 1.54) is 62.5 Å². The van der Waals surface area contributed by atoms with Gasteiger partial charge in [-0.25, -0.2) is 4.39 Å². The zero-order valence-electron chi connectivity index (χ0n) is 19.7. The lowest BCUT2D eigenvalue weighted by molar-refractivity contribution is 0.129. The van der Waals surface area contributed by atoms with Crippen molar-refractivity contribution in [1.29, 1.82) is 0 Å². The molecule has 2 aromatic carbocycles. The smallest absolute Gasteiger partial charge is 0.200 e. The number of rotatable bonds is 7. The number of hydrogen-bond acceptors (Lipinski definition) is 1. The lowest BCUT2D eigenvalue weighted by Crippen LogP contribution is -2.27. The number of ether oxygens (including phenoxy) is 1. The van der Waals surface area contributed by atoms with E-state index in [4.69, 9.17) is 4.74 Å². The summed E-state index contributed by atoms with van der Waals surface area (Å²) in [6.07, 6.45) is 12.5. The lowest BCUT2D eigenvalue weighted by Gasteiger charge is -2.38. The molecule has 2 aromatic rings. The first-order chi connectivity index (χ1) is 15.5. The molecule has 2 aliphatic rings. The summed E-state index contributed by atoms with van der Waals surface area (Å²) in [5, 5.41) is 0. The molecule has 32 heavy (non-hydrogen) atoms. The molecule has 0 aromatic heterocycles. The fraction of sp³-hybridized carbons (Fsp3) is 0.586. The fourth-order valence-corrected chi connectivity index (χ4v) is 5.94. The van der Waals surface area contributed by atoms with Crippen LogP contribution in [0.4, 0.5) is 8.78 Å². The zero-order valence-corrected chi connectivity index (χ0v) is 19.7. The third-order valence-electron chi connectivity index (χ3n) is 8.03. The summed E-state index contributed by atoms with van der Waals surface area (Å²) in [5.41, 5.74) is 3.31. The Morgan fingerprint density at radius 3 is 2.03 bits per heavy atom. The maximum absolute atomic E-state index is 14.0. The predicted molar refractivity (Wildman–Crippen MR) is 127 cm³/mol. The van der Waals surface area contributed by atoms with E-state index >= 15 is 0 Å². The SMILES string of the molecule is CCCc1ccc(C2CCC(C3CCC(COc4ccc(C)c(F)c4F)CC3)CC2)cc1. The summed E-state index contributed by atoms with van der Waals surface area (Å²) in [5.74, 6) is 1.28. The second-order valence-electron chi connectivity index (χ2n) is 10.2. The highest BCUT2D eigenvalue weighted by atomic mass is 19.2. The third kappa shape index (κ3) is 5.53. The summed E-state index contributed by atoms with van der Waals surface area (Å²) in [6, 6.07) is 12.5. The van der Waals surface area contributed by atoms with Gasteiger partial charge in [0, 0.05) is 0 Å². The maximum Gasteiger partial charge on any atom is 0.200 e. The van der Waals surface area contributed by atoms with Crippen molar-refractivity contribution in [1.82, 2.24) is 0 Å². The van der Waals surface area contributed by atoms with Gasteiger partial charge in [0.1, 0.15) is 0 Å². The minimum absolute atomic E-state index is 0.0521. The van der Waals surface area contributed by atoms with Crippen LogP contribution in [0.1, 0.15) is 87.3 Å². The highest BCUT2D eigenvalue weighted by molar-refractivity contribution is 5.30. The summed E-state index contributed by atoms with van der Waals surface area (Å²) < 4.78 is 33.4. The van der Waals surface area contributed by atoms with Gasteiger partial charge in [0.2, 0.25) is 5.82 Å². The van der Waals surface area contributed by atoms with Crippen LogP contribution < -0.4 is 4.74 Å². The standard InChI is InChI=1S/C29H38F2O/c1-3-4-21-6-10-23(11-7-21)25-14-16-26(17-15-25)24-12-8-22(9-13-24)19-32-27-18-5-20(2)28(30)29(27)31/h5-7,10-11,18,22,24-26H,3-4,8-9,12-17,19H2,1-2H3. The van der Waals surface area contributed by atoms with Crippen LogP contribution >= 0.6 is 0 Å². The molecule has 0 radical (unpaired) electrons. The normalized spacial score (nSPS) is 26.1. The Kier molecular flexibility index (Phi) is 7.86. The molecule has 0 unspecified atom stereocenters. The average molecular weight is 441 g/mol. The molecule has 2 aliphatic carbocycles. The molecule has 0 bridgehead atoms. The van der Waals surface area contributed by atoms with Crippen molar-refractivity contribution >= 4 is 0 Å². The van der Waals surface area contributed by atoms with Gasteiger partial charge in [0.25, 0.3) is 0 Å². The Labute approximate surface area is 192 Å². The van der Waals surface area contributed by atoms with E-state index in [1.54, 1.807) is 19.1 Å². The molecular formula is C29H38F2O. The van der Waals surface area contributed by atoms with Crippen molar-refractivity contribution in [2.75, 3.05) is 6.61 Å². The van der Waals surface area contributed by atoms with Crippen LogP contribution in [0, 0.1) is 36.3 Å². The molecule has 174 valence electrons. The summed E-state index contributed by atoms with van der Waals surface area (Å²) in [4.78, 5) is 0. The predicted octanol–water partition coefficient (Wildman–Crippen LogP) is 8.38. The molecular weight excluding hydrogens is 402 g/mol. The molecule has 0 aliphatic heterocycles. The average Bonchev–Trinajstić information content (AvgIpc) is 2.83. The van der Waals surface area contributed by atoms with Gasteiger partial charge in [-0.2, -0.15) is 4.39 Å². The molecule has 2 fully saturated rings. The first-order valence-electron chi connectivity index (χ1n) is 12.7. The minimum Gasteiger partial charge on any atom is -0.490 e. The van der Waals surface area contributed by atoms with Gasteiger partial charge in [-0.15, -0.1) is 0 Å². The van der Waals surface area contributed by atoms with Gasteiger partial charge in [0.05, 0.1) is 6.61 Å². The highest BCUT2D eigenvalue weighted by Crippen LogP contribution is 2.44. The van der Waals surface area contributed by atoms with Crippen molar-refractivity contribution in [2.24, 2.45) is 17.8 Å². The Morgan fingerprint density at radius 1 is 0.781 bits per heavy atom. The largest absolute Gasteiger partial charge is 0.490 e. The van der Waals surface area contributed by atoms with Gasteiger partial charge in [0.15, 0.2) is 11.6 Å². The summed E-state index contributed by atoms with van der Waals surface area (Å²) >= 11 is 0. The second kappa shape index (κ2) is 10.8. The molecule has 4 rings (SSSR count). The molecule has 0 N–H and O–H groups in total. The Balaban J connectivity index is 1.20. The van der Waals surface area contributed by atoms with Crippen molar-refractivity contribution in [3.8, 4) is 5.75 Å². The molecule has 0 saturated heterocycles. The van der Waals surface area contributed by atoms with Crippen LogP contribution in [0.15, 0.2) is 36.4 Å². The van der Waals surface area contributed by atoms with E-state index in [1.807, 2.05) is 0 Å². The fourth-order valence-electron chi connectivity index (χ4n) is 5.94. The third-order valence-corrected chi connectivity index (χ3v) is 8.03. The molecule has 0 spiro atoms. The quantitative estimate of drug-likeness (QED) is 0.420. The molecule has 0 amide bonds. The highest BCUT2D eigenvalue weighted by Gasteiger charge is 2.31. The first kappa shape index (κ1) is 23.3. The summed E-state index contributed by atoms with van der Waals surface area (Å²) in [7, 11) is 0. The topological polar surface area (TPSA) is 9.23 Å². The van der Waals surface area contributed by atoms with E-state index < -0.39 is 11.6 Å². The van der Waals surface area contributed by atoms with E-state index in [2.05, 4.69) is 31.2 Å². The van der Waals surface area contributed by atoms with Crippen LogP contribution in [0.5, 0.6) is 5.75 Å². The molecule has 1 nitrogen and oxygen atoms in total. The summed E-state index contributed by atoms with van der Waals surface area (Å²) in [6.45, 7) is 4.30. The van der Waals surface area contributed by atoms with Gasteiger partial charge in [-0.1, -0.05) is 43.7 Å². The van der Waals surface area contributed by atoms with Crippen molar-refractivity contribution in [2.45, 2.75) is 84.0 Å². The van der Waals surface area contributed by atoms with Gasteiger partial charge in [-0.05, 0) is 111 Å². The Bertz CT molecular complexity index is 859. The van der Waals surface area contributed by atoms with Gasteiger partial charge < -0.3 is 4.74 Å². The molecule has 3 heteroatoms. The zero-order chi connectivity index (χ0) is 22.5. The van der Waals surface area contributed by atoms with Crippen LogP contribution in [-0.2, 0) is 6.42 Å². The molecule has 2 saturated carbocycles. The van der Waals surface area contributed by atoms with Crippen molar-refractivity contribution < 1.29 is 13.5 Å². The van der Waals surface area contributed by atoms with Crippen LogP contribution in [0.3, 0.4) is 0 Å². The van der Waals surface area contributed by atoms with Crippen LogP contribution in [-0.4, -0.2) is 6.61 Å². The molecule has 0 heterocycles. The van der Waals surface area contributed by atoms with Crippen molar-refractivity contribution in [3.63, 3.8) is 0 Å². The first-order valence-corrected chi connectivity index (χ1v) is 12.7. The van der Waals surface area contributed by atoms with E-state index in [0.29, 0.717) is 18.1 Å². The van der Waals surface area contributed by atoms with Gasteiger partial charge >= 0.3 is 0 Å². The Hall–Kier alpha value is -1.90. The van der Waals surface area contributed by atoms with E-state index in [-0.39, 0.29) is 5.75 Å². The van der Waals surface area contributed by atoms with E-state index in [9.17, 15) is 8.78 Å². The monoisotopic (exact) mass is 440 g/mol. The Morgan fingerprint density at radius 2 is 1.41 bits per heavy atom.